The van der Waals surface area contributed by atoms with E-state index in [-0.39, 0.29) is 0 Å². The molecule has 0 atom stereocenters. The van der Waals surface area contributed by atoms with E-state index in [0.717, 1.165) is 24.6 Å². The van der Waals surface area contributed by atoms with Crippen LogP contribution in [0.1, 0.15) is 5.69 Å². The van der Waals surface area contributed by atoms with E-state index >= 15 is 0 Å². The van der Waals surface area contributed by atoms with Gasteiger partial charge in [0, 0.05) is 18.8 Å². The van der Waals surface area contributed by atoms with Gasteiger partial charge in [0.2, 0.25) is 0 Å². The largest absolute Gasteiger partial charge is 0.369 e. The summed E-state index contributed by atoms with van der Waals surface area (Å²) in [5.74, 6) is 0.960. The van der Waals surface area contributed by atoms with E-state index in [4.69, 9.17) is 0 Å². The summed E-state index contributed by atoms with van der Waals surface area (Å²) in [6.45, 7) is 3.95. The summed E-state index contributed by atoms with van der Waals surface area (Å²) in [7, 11) is 4.12. The highest BCUT2D eigenvalue weighted by Crippen LogP contribution is 2.02. The maximum absolute atomic E-state index is 4.34. The van der Waals surface area contributed by atoms with Gasteiger partial charge in [-0.2, -0.15) is 0 Å². The van der Waals surface area contributed by atoms with E-state index in [1.54, 1.807) is 0 Å². The van der Waals surface area contributed by atoms with Gasteiger partial charge in [0.25, 0.3) is 0 Å². The highest BCUT2D eigenvalue weighted by Gasteiger charge is 1.93. The molecule has 0 saturated carbocycles. The molecule has 0 aliphatic carbocycles. The number of aryl methyl sites for hydroxylation is 1. The van der Waals surface area contributed by atoms with Crippen LogP contribution in [0.4, 0.5) is 5.82 Å². The van der Waals surface area contributed by atoms with Crippen LogP contribution in [0.25, 0.3) is 0 Å². The minimum absolute atomic E-state index is 0.934. The maximum atomic E-state index is 4.34. The average Bonchev–Trinajstić information content (AvgIpc) is 2.03. The molecular formula is C10H17N3. The van der Waals surface area contributed by atoms with Gasteiger partial charge >= 0.3 is 0 Å². The van der Waals surface area contributed by atoms with E-state index in [1.165, 1.54) is 0 Å². The molecular weight excluding hydrogens is 162 g/mol. The first kappa shape index (κ1) is 9.99. The SMILES string of the molecule is Cc1cccc(NCCN(C)C)n1. The van der Waals surface area contributed by atoms with Crippen molar-refractivity contribution in [2.45, 2.75) is 6.92 Å². The first-order valence-electron chi connectivity index (χ1n) is 4.51. The summed E-state index contributed by atoms with van der Waals surface area (Å²) < 4.78 is 0. The zero-order chi connectivity index (χ0) is 9.68. The van der Waals surface area contributed by atoms with Crippen LogP contribution >= 0.6 is 0 Å². The predicted molar refractivity (Wildman–Crippen MR) is 56.0 cm³/mol. The molecule has 3 nitrogen and oxygen atoms in total. The Labute approximate surface area is 79.8 Å². The summed E-state index contributed by atoms with van der Waals surface area (Å²) in [6, 6.07) is 6.00. The highest BCUT2D eigenvalue weighted by molar-refractivity contribution is 5.34. The Hall–Kier alpha value is -1.09. The molecule has 1 N–H and O–H groups in total. The molecule has 72 valence electrons. The molecule has 1 aromatic rings. The number of pyridine rings is 1. The summed E-state index contributed by atoms with van der Waals surface area (Å²) >= 11 is 0. The lowest BCUT2D eigenvalue weighted by molar-refractivity contribution is 0.425. The third-order valence-electron chi connectivity index (χ3n) is 1.75. The molecule has 0 radical (unpaired) electrons. The van der Waals surface area contributed by atoms with Crippen LogP contribution in [0.2, 0.25) is 0 Å². The number of hydrogen-bond acceptors (Lipinski definition) is 3. The predicted octanol–water partition coefficient (Wildman–Crippen LogP) is 1.36. The lowest BCUT2D eigenvalue weighted by Crippen LogP contribution is -2.21. The first-order valence-corrected chi connectivity index (χ1v) is 4.51. The normalized spacial score (nSPS) is 10.5. The minimum Gasteiger partial charge on any atom is -0.369 e. The lowest BCUT2D eigenvalue weighted by atomic mass is 10.4. The van der Waals surface area contributed by atoms with E-state index in [0.29, 0.717) is 0 Å². The van der Waals surface area contributed by atoms with Crippen LogP contribution in [0, 0.1) is 6.92 Å². The molecule has 0 unspecified atom stereocenters. The molecule has 0 aromatic carbocycles. The highest BCUT2D eigenvalue weighted by atomic mass is 15.1. The minimum atomic E-state index is 0.934. The van der Waals surface area contributed by atoms with Crippen molar-refractivity contribution in [3.05, 3.63) is 23.9 Å². The topological polar surface area (TPSA) is 28.2 Å². The number of hydrogen-bond donors (Lipinski definition) is 1. The molecule has 1 aromatic heterocycles. The van der Waals surface area contributed by atoms with Gasteiger partial charge in [0.05, 0.1) is 0 Å². The number of likely N-dealkylation sites (N-methyl/N-ethyl adjacent to an activating group) is 1. The standard InChI is InChI=1S/C10H17N3/c1-9-5-4-6-10(12-9)11-7-8-13(2)3/h4-6H,7-8H2,1-3H3,(H,11,12). The van der Waals surface area contributed by atoms with Crippen LogP contribution in [-0.4, -0.2) is 37.1 Å². The lowest BCUT2D eigenvalue weighted by Gasteiger charge is -2.10. The van der Waals surface area contributed by atoms with Crippen molar-refractivity contribution in [1.29, 1.82) is 0 Å². The fourth-order valence-corrected chi connectivity index (χ4v) is 1.05. The Morgan fingerprint density at radius 1 is 1.38 bits per heavy atom. The second-order valence-electron chi connectivity index (χ2n) is 3.39. The van der Waals surface area contributed by atoms with Gasteiger partial charge < -0.3 is 10.2 Å². The van der Waals surface area contributed by atoms with E-state index in [1.807, 2.05) is 25.1 Å². The second kappa shape index (κ2) is 4.82. The van der Waals surface area contributed by atoms with Gasteiger partial charge in [0.15, 0.2) is 0 Å². The Bertz CT molecular complexity index is 258. The molecule has 0 aliphatic rings. The van der Waals surface area contributed by atoms with Crippen molar-refractivity contribution in [2.75, 3.05) is 32.5 Å². The zero-order valence-electron chi connectivity index (χ0n) is 8.54. The van der Waals surface area contributed by atoms with Gasteiger partial charge in [-0.3, -0.25) is 0 Å². The van der Waals surface area contributed by atoms with Gasteiger partial charge in [-0.1, -0.05) is 6.07 Å². The number of anilines is 1. The quantitative estimate of drug-likeness (QED) is 0.756. The maximum Gasteiger partial charge on any atom is 0.126 e. The smallest absolute Gasteiger partial charge is 0.126 e. The molecule has 3 heteroatoms. The van der Waals surface area contributed by atoms with Crippen molar-refractivity contribution in [3.8, 4) is 0 Å². The third-order valence-corrected chi connectivity index (χ3v) is 1.75. The summed E-state index contributed by atoms with van der Waals surface area (Å²) in [5, 5.41) is 3.26. The molecule has 0 fully saturated rings. The third kappa shape index (κ3) is 3.90. The second-order valence-corrected chi connectivity index (χ2v) is 3.39. The summed E-state index contributed by atoms with van der Waals surface area (Å²) in [5.41, 5.74) is 1.05. The number of nitrogens with zero attached hydrogens (tertiary/aromatic N) is 2. The van der Waals surface area contributed by atoms with Crippen molar-refractivity contribution in [2.24, 2.45) is 0 Å². The molecule has 0 bridgehead atoms. The molecule has 1 rings (SSSR count). The van der Waals surface area contributed by atoms with Crippen LogP contribution in [0.15, 0.2) is 18.2 Å². The number of rotatable bonds is 4. The van der Waals surface area contributed by atoms with Crippen molar-refractivity contribution < 1.29 is 0 Å². The number of nitrogens with one attached hydrogen (secondary N) is 1. The van der Waals surface area contributed by atoms with Crippen LogP contribution in [-0.2, 0) is 0 Å². The van der Waals surface area contributed by atoms with E-state index < -0.39 is 0 Å². The Balaban J connectivity index is 2.37. The van der Waals surface area contributed by atoms with Crippen LogP contribution < -0.4 is 5.32 Å². The van der Waals surface area contributed by atoms with Gasteiger partial charge in [-0.05, 0) is 33.2 Å². The van der Waals surface area contributed by atoms with Crippen molar-refractivity contribution >= 4 is 5.82 Å². The van der Waals surface area contributed by atoms with Crippen molar-refractivity contribution in [3.63, 3.8) is 0 Å². The molecule has 1 heterocycles. The van der Waals surface area contributed by atoms with E-state index in [9.17, 15) is 0 Å². The van der Waals surface area contributed by atoms with Gasteiger partial charge in [-0.25, -0.2) is 4.98 Å². The summed E-state index contributed by atoms with van der Waals surface area (Å²) in [6.07, 6.45) is 0. The monoisotopic (exact) mass is 179 g/mol. The van der Waals surface area contributed by atoms with Crippen molar-refractivity contribution in [1.82, 2.24) is 9.88 Å². The fourth-order valence-electron chi connectivity index (χ4n) is 1.05. The van der Waals surface area contributed by atoms with E-state index in [2.05, 4.69) is 29.3 Å². The zero-order valence-corrected chi connectivity index (χ0v) is 8.54. The molecule has 0 aliphatic heterocycles. The Kier molecular flexibility index (Phi) is 3.71. The molecule has 0 spiro atoms. The fraction of sp³-hybridized carbons (Fsp3) is 0.500. The van der Waals surface area contributed by atoms with Gasteiger partial charge in [-0.15, -0.1) is 0 Å². The first-order chi connectivity index (χ1) is 6.18. The molecule has 13 heavy (non-hydrogen) atoms. The van der Waals surface area contributed by atoms with Crippen LogP contribution in [0.5, 0.6) is 0 Å². The Morgan fingerprint density at radius 3 is 2.77 bits per heavy atom. The molecule has 0 amide bonds. The van der Waals surface area contributed by atoms with Crippen LogP contribution in [0.3, 0.4) is 0 Å². The molecule has 0 saturated heterocycles. The Morgan fingerprint density at radius 2 is 2.15 bits per heavy atom. The van der Waals surface area contributed by atoms with Gasteiger partial charge in [0.1, 0.15) is 5.82 Å². The average molecular weight is 179 g/mol. The number of aromatic nitrogens is 1. The summed E-state index contributed by atoms with van der Waals surface area (Å²) in [4.78, 5) is 6.48.